The Hall–Kier alpha value is -2.36. The van der Waals surface area contributed by atoms with Crippen LogP contribution in [0, 0.1) is 0 Å². The second-order valence-electron chi connectivity index (χ2n) is 5.61. The van der Waals surface area contributed by atoms with Crippen LogP contribution in [0.5, 0.6) is 0 Å². The summed E-state index contributed by atoms with van der Waals surface area (Å²) in [6, 6.07) is 12.3. The van der Waals surface area contributed by atoms with Crippen molar-refractivity contribution in [2.45, 2.75) is 15.3 Å². The minimum atomic E-state index is -4.54. The van der Waals surface area contributed by atoms with Crippen LogP contribution in [0.1, 0.15) is 15.2 Å². The molecule has 0 aliphatic rings. The first-order chi connectivity index (χ1) is 13.1. The maximum Gasteiger partial charge on any atom is 0.416 e. The van der Waals surface area contributed by atoms with Crippen molar-refractivity contribution in [3.8, 4) is 0 Å². The van der Waals surface area contributed by atoms with E-state index in [9.17, 15) is 26.4 Å². The summed E-state index contributed by atoms with van der Waals surface area (Å²) in [7, 11) is -3.84. The second-order valence-corrected chi connectivity index (χ2v) is 9.31. The van der Waals surface area contributed by atoms with Gasteiger partial charge >= 0.3 is 6.18 Å². The van der Waals surface area contributed by atoms with E-state index in [1.807, 2.05) is 0 Å². The summed E-state index contributed by atoms with van der Waals surface area (Å²) in [5, 5.41) is 2.72. The number of hydrogen-bond acceptors (Lipinski definition) is 4. The average Bonchev–Trinajstić information content (AvgIpc) is 3.13. The highest BCUT2D eigenvalue weighted by molar-refractivity contribution is 7.93. The van der Waals surface area contributed by atoms with Gasteiger partial charge in [-0.05, 0) is 54.6 Å². The van der Waals surface area contributed by atoms with Crippen LogP contribution in [0.4, 0.5) is 18.9 Å². The zero-order chi connectivity index (χ0) is 20.5. The van der Waals surface area contributed by atoms with E-state index in [0.717, 1.165) is 23.5 Å². The number of nitrogens with one attached hydrogen (secondary N) is 1. The van der Waals surface area contributed by atoms with Crippen molar-refractivity contribution in [2.75, 3.05) is 5.32 Å². The number of rotatable bonds is 4. The van der Waals surface area contributed by atoms with Gasteiger partial charge in [0, 0.05) is 10.7 Å². The van der Waals surface area contributed by atoms with Crippen LogP contribution in [0.3, 0.4) is 0 Å². The molecular formula is C18H11ClF3NO3S2. The summed E-state index contributed by atoms with van der Waals surface area (Å²) >= 11 is 6.47. The minimum absolute atomic E-state index is 0.0172. The van der Waals surface area contributed by atoms with E-state index < -0.39 is 27.5 Å². The third-order valence-electron chi connectivity index (χ3n) is 3.64. The number of amides is 1. The minimum Gasteiger partial charge on any atom is -0.321 e. The van der Waals surface area contributed by atoms with Crippen molar-refractivity contribution < 1.29 is 26.4 Å². The number of hydrogen-bond donors (Lipinski definition) is 1. The molecule has 4 nitrogen and oxygen atoms in total. The molecule has 28 heavy (non-hydrogen) atoms. The third kappa shape index (κ3) is 4.37. The van der Waals surface area contributed by atoms with Gasteiger partial charge < -0.3 is 5.32 Å². The topological polar surface area (TPSA) is 63.2 Å². The molecule has 1 aromatic heterocycles. The van der Waals surface area contributed by atoms with E-state index in [1.165, 1.54) is 48.5 Å². The van der Waals surface area contributed by atoms with Crippen LogP contribution in [0.15, 0.2) is 69.8 Å². The number of benzene rings is 2. The normalized spacial score (nSPS) is 12.0. The maximum absolute atomic E-state index is 12.8. The van der Waals surface area contributed by atoms with E-state index in [1.54, 1.807) is 0 Å². The summed E-state index contributed by atoms with van der Waals surface area (Å²) in [4.78, 5) is 12.4. The number of carbonyl (C=O) groups excluding carboxylic acids is 1. The zero-order valence-electron chi connectivity index (χ0n) is 13.8. The number of carbonyl (C=O) groups is 1. The molecule has 0 fully saturated rings. The smallest absolute Gasteiger partial charge is 0.321 e. The molecule has 1 N–H and O–H groups in total. The molecule has 0 bridgehead atoms. The van der Waals surface area contributed by atoms with E-state index in [4.69, 9.17) is 11.6 Å². The Morgan fingerprint density at radius 2 is 1.68 bits per heavy atom. The van der Waals surface area contributed by atoms with Crippen LogP contribution in [-0.2, 0) is 16.0 Å². The number of thiophene rings is 1. The van der Waals surface area contributed by atoms with Crippen molar-refractivity contribution in [1.29, 1.82) is 0 Å². The fourth-order valence-corrected chi connectivity index (χ4v) is 5.01. The summed E-state index contributed by atoms with van der Waals surface area (Å²) < 4.78 is 63.4. The first-order valence-corrected chi connectivity index (χ1v) is 10.3. The number of alkyl halides is 3. The molecule has 0 atom stereocenters. The monoisotopic (exact) mass is 445 g/mol. The Morgan fingerprint density at radius 3 is 2.32 bits per heavy atom. The Kier molecular flexibility index (Phi) is 5.51. The van der Waals surface area contributed by atoms with Crippen molar-refractivity contribution in [1.82, 2.24) is 0 Å². The van der Waals surface area contributed by atoms with Gasteiger partial charge in [-0.2, -0.15) is 13.2 Å². The molecule has 1 amide bonds. The Labute approximate surface area is 167 Å². The van der Waals surface area contributed by atoms with Crippen LogP contribution in [-0.4, -0.2) is 14.3 Å². The Bertz CT molecular complexity index is 1120. The summed E-state index contributed by atoms with van der Waals surface area (Å²) in [5.41, 5.74) is -0.946. The van der Waals surface area contributed by atoms with Crippen LogP contribution < -0.4 is 5.32 Å². The van der Waals surface area contributed by atoms with Gasteiger partial charge in [-0.15, -0.1) is 11.3 Å². The fourth-order valence-electron chi connectivity index (χ4n) is 2.28. The first kappa shape index (κ1) is 20.4. The molecule has 10 heteroatoms. The summed E-state index contributed by atoms with van der Waals surface area (Å²) in [6.07, 6.45) is -4.54. The molecule has 0 saturated heterocycles. The van der Waals surface area contributed by atoms with Crippen LogP contribution in [0.25, 0.3) is 0 Å². The second kappa shape index (κ2) is 7.57. The predicted octanol–water partition coefficient (Wildman–Crippen LogP) is 5.51. The highest BCUT2D eigenvalue weighted by atomic mass is 35.5. The zero-order valence-corrected chi connectivity index (χ0v) is 16.2. The quantitative estimate of drug-likeness (QED) is 0.576. The van der Waals surface area contributed by atoms with Crippen LogP contribution >= 0.6 is 22.9 Å². The SMILES string of the molecule is O=C(Nc1cccc(C(F)(F)F)c1)c1ccc(S(=O)(=O)c2ccc(Cl)cc2)s1. The Morgan fingerprint density at radius 1 is 1.00 bits per heavy atom. The molecule has 0 radical (unpaired) electrons. The molecule has 0 aliphatic carbocycles. The van der Waals surface area contributed by atoms with Gasteiger partial charge in [-0.3, -0.25) is 4.79 Å². The standard InChI is InChI=1S/C18H11ClF3NO3S2/c19-12-4-6-14(7-5-12)28(25,26)16-9-8-15(27-16)17(24)23-13-3-1-2-11(10-13)18(20,21)22/h1-10H,(H,23,24). The van der Waals surface area contributed by atoms with Gasteiger partial charge in [-0.25, -0.2) is 8.42 Å². The average molecular weight is 446 g/mol. The molecule has 0 spiro atoms. The molecule has 0 saturated carbocycles. The van der Waals surface area contributed by atoms with Gasteiger partial charge in [0.05, 0.1) is 15.3 Å². The van der Waals surface area contributed by atoms with Gasteiger partial charge in [0.15, 0.2) is 0 Å². The first-order valence-electron chi connectivity index (χ1n) is 7.66. The number of sulfone groups is 1. The lowest BCUT2D eigenvalue weighted by Crippen LogP contribution is -2.11. The lowest BCUT2D eigenvalue weighted by molar-refractivity contribution is -0.137. The van der Waals surface area contributed by atoms with E-state index in [2.05, 4.69) is 5.32 Å². The summed E-state index contributed by atoms with van der Waals surface area (Å²) in [6.45, 7) is 0. The van der Waals surface area contributed by atoms with Crippen molar-refractivity contribution in [3.63, 3.8) is 0 Å². The predicted molar refractivity (Wildman–Crippen MR) is 101 cm³/mol. The van der Waals surface area contributed by atoms with Gasteiger partial charge in [-0.1, -0.05) is 17.7 Å². The van der Waals surface area contributed by atoms with Gasteiger partial charge in [0.2, 0.25) is 9.84 Å². The molecule has 3 aromatic rings. The molecule has 146 valence electrons. The highest BCUT2D eigenvalue weighted by Gasteiger charge is 2.30. The largest absolute Gasteiger partial charge is 0.416 e. The third-order valence-corrected chi connectivity index (χ3v) is 7.24. The van der Waals surface area contributed by atoms with E-state index >= 15 is 0 Å². The molecular weight excluding hydrogens is 435 g/mol. The summed E-state index contributed by atoms with van der Waals surface area (Å²) in [5.74, 6) is -0.707. The van der Waals surface area contributed by atoms with Crippen LogP contribution in [0.2, 0.25) is 5.02 Å². The fraction of sp³-hybridized carbons (Fsp3) is 0.0556. The highest BCUT2D eigenvalue weighted by Crippen LogP contribution is 2.32. The number of halogens is 4. The molecule has 1 heterocycles. The molecule has 0 aliphatic heterocycles. The molecule has 2 aromatic carbocycles. The molecule has 3 rings (SSSR count). The lowest BCUT2D eigenvalue weighted by Gasteiger charge is -2.09. The van der Waals surface area contributed by atoms with Gasteiger partial charge in [0.1, 0.15) is 4.21 Å². The lowest BCUT2D eigenvalue weighted by atomic mass is 10.2. The van der Waals surface area contributed by atoms with E-state index in [-0.39, 0.29) is 19.7 Å². The Balaban J connectivity index is 1.82. The number of anilines is 1. The molecule has 0 unspecified atom stereocenters. The van der Waals surface area contributed by atoms with Crippen molar-refractivity contribution in [2.24, 2.45) is 0 Å². The van der Waals surface area contributed by atoms with Gasteiger partial charge in [0.25, 0.3) is 5.91 Å². The van der Waals surface area contributed by atoms with Crippen molar-refractivity contribution >= 4 is 44.4 Å². The van der Waals surface area contributed by atoms with Crippen molar-refractivity contribution in [3.05, 3.63) is 76.1 Å². The van der Waals surface area contributed by atoms with E-state index in [0.29, 0.717) is 5.02 Å². The maximum atomic E-state index is 12.8.